The highest BCUT2D eigenvalue weighted by atomic mass is 32.2. The molecule has 0 amide bonds. The first-order valence-electron chi connectivity index (χ1n) is 6.30. The lowest BCUT2D eigenvalue weighted by Gasteiger charge is -2.15. The number of nitrogens with zero attached hydrogens (tertiary/aromatic N) is 1. The van der Waals surface area contributed by atoms with Crippen LogP contribution in [0.25, 0.3) is 0 Å². The summed E-state index contributed by atoms with van der Waals surface area (Å²) in [5.74, 6) is -2.36. The Morgan fingerprint density at radius 2 is 2.09 bits per heavy atom. The topological polar surface area (TPSA) is 110 Å². The Kier molecular flexibility index (Phi) is 4.73. The highest BCUT2D eigenvalue weighted by molar-refractivity contribution is 7.91. The predicted molar refractivity (Wildman–Crippen MR) is 76.7 cm³/mol. The maximum Gasteiger partial charge on any atom is 0.348 e. The number of sulfonamides is 1. The van der Waals surface area contributed by atoms with Gasteiger partial charge in [-0.1, -0.05) is 0 Å². The van der Waals surface area contributed by atoms with Crippen LogP contribution in [0.1, 0.15) is 16.1 Å². The maximum absolute atomic E-state index is 12.6. The van der Waals surface area contributed by atoms with Crippen molar-refractivity contribution in [3.05, 3.63) is 10.9 Å². The molecule has 1 aromatic heterocycles. The maximum atomic E-state index is 12.6. The number of thiophene rings is 1. The van der Waals surface area contributed by atoms with Gasteiger partial charge >= 0.3 is 11.9 Å². The van der Waals surface area contributed by atoms with Gasteiger partial charge in [-0.15, -0.1) is 11.3 Å². The SMILES string of the molecule is COC(=O)c1cc(OC)c(S(=O)(=O)N2CCC(C(=O)O)C2)s1. The molecule has 0 aliphatic carbocycles. The molecule has 10 heteroatoms. The summed E-state index contributed by atoms with van der Waals surface area (Å²) in [6.45, 7) is 0.0280. The Bertz CT molecular complexity index is 694. The average Bonchev–Trinajstić information content (AvgIpc) is 3.13. The van der Waals surface area contributed by atoms with E-state index in [0.29, 0.717) is 0 Å². The van der Waals surface area contributed by atoms with Crippen molar-refractivity contribution in [2.45, 2.75) is 10.6 Å². The number of hydrogen-bond donors (Lipinski definition) is 1. The van der Waals surface area contributed by atoms with Crippen LogP contribution >= 0.6 is 11.3 Å². The molecule has 0 radical (unpaired) electrons. The second-order valence-electron chi connectivity index (χ2n) is 4.64. The van der Waals surface area contributed by atoms with Crippen LogP contribution < -0.4 is 4.74 Å². The van der Waals surface area contributed by atoms with Gasteiger partial charge < -0.3 is 14.6 Å². The quantitative estimate of drug-likeness (QED) is 0.777. The van der Waals surface area contributed by atoms with Crippen molar-refractivity contribution in [2.75, 3.05) is 27.3 Å². The fourth-order valence-electron chi connectivity index (χ4n) is 2.15. The Labute approximate surface area is 131 Å². The lowest BCUT2D eigenvalue weighted by atomic mass is 10.1. The summed E-state index contributed by atoms with van der Waals surface area (Å²) in [4.78, 5) is 22.6. The fraction of sp³-hybridized carbons (Fsp3) is 0.500. The van der Waals surface area contributed by atoms with E-state index in [-0.39, 0.29) is 34.3 Å². The summed E-state index contributed by atoms with van der Waals surface area (Å²) in [7, 11) is -1.42. The van der Waals surface area contributed by atoms with Crippen LogP contribution in [0.2, 0.25) is 0 Å². The van der Waals surface area contributed by atoms with Gasteiger partial charge in [-0.25, -0.2) is 13.2 Å². The van der Waals surface area contributed by atoms with Crippen LogP contribution in [0.3, 0.4) is 0 Å². The molecule has 1 saturated heterocycles. The van der Waals surface area contributed by atoms with Crippen molar-refractivity contribution >= 4 is 33.3 Å². The molecular formula is C12H15NO7S2. The largest absolute Gasteiger partial charge is 0.494 e. The highest BCUT2D eigenvalue weighted by Gasteiger charge is 2.38. The van der Waals surface area contributed by atoms with Gasteiger partial charge in [-0.2, -0.15) is 4.31 Å². The van der Waals surface area contributed by atoms with Crippen molar-refractivity contribution in [3.63, 3.8) is 0 Å². The number of hydrogen-bond acceptors (Lipinski definition) is 7. The lowest BCUT2D eigenvalue weighted by Crippen LogP contribution is -2.29. The Morgan fingerprint density at radius 3 is 2.59 bits per heavy atom. The van der Waals surface area contributed by atoms with Crippen molar-refractivity contribution < 1.29 is 32.6 Å². The van der Waals surface area contributed by atoms with Crippen LogP contribution in [0.15, 0.2) is 10.3 Å². The number of carboxylic acids is 1. The molecule has 1 N–H and O–H groups in total. The van der Waals surface area contributed by atoms with E-state index in [1.807, 2.05) is 0 Å². The van der Waals surface area contributed by atoms with Crippen LogP contribution in [0, 0.1) is 5.92 Å². The molecule has 8 nitrogen and oxygen atoms in total. The molecule has 0 aromatic carbocycles. The molecule has 1 aromatic rings. The summed E-state index contributed by atoms with van der Waals surface area (Å²) in [5, 5.41) is 8.97. The molecule has 1 fully saturated rings. The molecule has 1 aliphatic rings. The molecule has 2 heterocycles. The normalized spacial score (nSPS) is 19.1. The van der Waals surface area contributed by atoms with E-state index in [1.165, 1.54) is 20.3 Å². The number of ether oxygens (including phenoxy) is 2. The third-order valence-electron chi connectivity index (χ3n) is 3.35. The van der Waals surface area contributed by atoms with E-state index in [2.05, 4.69) is 4.74 Å². The van der Waals surface area contributed by atoms with E-state index < -0.39 is 27.9 Å². The van der Waals surface area contributed by atoms with Gasteiger partial charge in [0.15, 0.2) is 9.96 Å². The second-order valence-corrected chi connectivity index (χ2v) is 7.83. The zero-order chi connectivity index (χ0) is 16.5. The lowest BCUT2D eigenvalue weighted by molar-refractivity contribution is -0.141. The predicted octanol–water partition coefficient (Wildman–Crippen LogP) is 0.638. The van der Waals surface area contributed by atoms with Gasteiger partial charge in [0.05, 0.1) is 20.1 Å². The zero-order valence-corrected chi connectivity index (χ0v) is 13.6. The number of esters is 1. The van der Waals surface area contributed by atoms with Gasteiger partial charge in [0.2, 0.25) is 0 Å². The molecule has 1 atom stereocenters. The Balaban J connectivity index is 2.35. The average molecular weight is 349 g/mol. The fourth-order valence-corrected chi connectivity index (χ4v) is 5.28. The van der Waals surface area contributed by atoms with E-state index >= 15 is 0 Å². The molecule has 22 heavy (non-hydrogen) atoms. The summed E-state index contributed by atoms with van der Waals surface area (Å²) in [6, 6.07) is 1.30. The number of carbonyl (C=O) groups is 2. The minimum atomic E-state index is -3.91. The number of carboxylic acid groups (broad SMARTS) is 1. The highest BCUT2D eigenvalue weighted by Crippen LogP contribution is 2.37. The van der Waals surface area contributed by atoms with Crippen molar-refractivity contribution in [2.24, 2.45) is 5.92 Å². The molecule has 122 valence electrons. The second kappa shape index (κ2) is 6.23. The van der Waals surface area contributed by atoms with Crippen molar-refractivity contribution in [1.29, 1.82) is 0 Å². The van der Waals surface area contributed by atoms with Crippen LogP contribution in [-0.4, -0.2) is 57.1 Å². The van der Waals surface area contributed by atoms with Crippen molar-refractivity contribution in [3.8, 4) is 5.75 Å². The Morgan fingerprint density at radius 1 is 1.41 bits per heavy atom. The summed E-state index contributed by atoms with van der Waals surface area (Å²) < 4.78 is 35.8. The summed E-state index contributed by atoms with van der Waals surface area (Å²) in [6.07, 6.45) is 0.256. The van der Waals surface area contributed by atoms with Crippen LogP contribution in [0.4, 0.5) is 0 Å². The molecule has 1 unspecified atom stereocenters. The number of methoxy groups -OCH3 is 2. The van der Waals surface area contributed by atoms with E-state index in [0.717, 1.165) is 15.6 Å². The molecule has 0 saturated carbocycles. The van der Waals surface area contributed by atoms with Gasteiger partial charge in [0.25, 0.3) is 10.0 Å². The van der Waals surface area contributed by atoms with Gasteiger partial charge in [0, 0.05) is 19.2 Å². The first-order valence-corrected chi connectivity index (χ1v) is 8.56. The van der Waals surface area contributed by atoms with Gasteiger partial charge in [-0.05, 0) is 6.42 Å². The third-order valence-corrected chi connectivity index (χ3v) is 6.80. The molecule has 2 rings (SSSR count). The smallest absolute Gasteiger partial charge is 0.348 e. The number of rotatable bonds is 5. The summed E-state index contributed by atoms with van der Waals surface area (Å²) in [5.41, 5.74) is 0. The minimum Gasteiger partial charge on any atom is -0.494 e. The van der Waals surface area contributed by atoms with Crippen LogP contribution in [0.5, 0.6) is 5.75 Å². The number of carbonyl (C=O) groups excluding carboxylic acids is 1. The monoisotopic (exact) mass is 349 g/mol. The first kappa shape index (κ1) is 16.7. The summed E-state index contributed by atoms with van der Waals surface area (Å²) >= 11 is 0.744. The van der Waals surface area contributed by atoms with E-state index in [4.69, 9.17) is 9.84 Å². The first-order chi connectivity index (χ1) is 10.3. The third kappa shape index (κ3) is 2.94. The van der Waals surface area contributed by atoms with Gasteiger partial charge in [-0.3, -0.25) is 4.79 Å². The molecule has 0 spiro atoms. The van der Waals surface area contributed by atoms with E-state index in [9.17, 15) is 18.0 Å². The number of aliphatic carboxylic acids is 1. The minimum absolute atomic E-state index is 0.0455. The van der Waals surface area contributed by atoms with Crippen molar-refractivity contribution in [1.82, 2.24) is 4.31 Å². The van der Waals surface area contributed by atoms with Crippen LogP contribution in [-0.2, 0) is 19.6 Å². The zero-order valence-electron chi connectivity index (χ0n) is 11.9. The van der Waals surface area contributed by atoms with Gasteiger partial charge in [0.1, 0.15) is 4.88 Å². The standard InChI is InChI=1S/C12H15NO7S2/c1-19-8-5-9(11(16)20-2)21-12(8)22(17,18)13-4-3-7(6-13)10(14)15/h5,7H,3-4,6H2,1-2H3,(H,14,15). The molecular weight excluding hydrogens is 334 g/mol. The molecule has 1 aliphatic heterocycles. The molecule has 0 bridgehead atoms. The Hall–Kier alpha value is -1.65. The van der Waals surface area contributed by atoms with E-state index in [1.54, 1.807) is 0 Å².